The van der Waals surface area contributed by atoms with E-state index in [4.69, 9.17) is 14.6 Å². The molecule has 11 heteroatoms. The molecule has 2 aliphatic rings. The highest BCUT2D eigenvalue weighted by Gasteiger charge is 2.40. The van der Waals surface area contributed by atoms with Gasteiger partial charge in [-0.3, -0.25) is 9.88 Å². The number of alkyl halides is 3. The molecule has 1 atom stereocenters. The van der Waals surface area contributed by atoms with Crippen molar-refractivity contribution in [1.29, 1.82) is 0 Å². The summed E-state index contributed by atoms with van der Waals surface area (Å²) >= 11 is 0. The molecule has 180 valence electrons. The highest BCUT2D eigenvalue weighted by molar-refractivity contribution is 5.73. The first-order chi connectivity index (χ1) is 15.7. The van der Waals surface area contributed by atoms with Gasteiger partial charge in [-0.25, -0.2) is 14.8 Å². The van der Waals surface area contributed by atoms with Gasteiger partial charge in [-0.1, -0.05) is 6.07 Å². The topological polar surface area (TPSA) is 91.7 Å². The van der Waals surface area contributed by atoms with Crippen molar-refractivity contribution < 1.29 is 27.8 Å². The van der Waals surface area contributed by atoms with Gasteiger partial charge in [0.05, 0.1) is 18.9 Å². The molecule has 0 radical (unpaired) electrons. The van der Waals surface area contributed by atoms with Crippen LogP contribution in [-0.4, -0.2) is 76.5 Å². The lowest BCUT2D eigenvalue weighted by molar-refractivity contribution is -0.192. The third-order valence-electron chi connectivity index (χ3n) is 5.59. The van der Waals surface area contributed by atoms with Crippen LogP contribution in [-0.2, 0) is 16.1 Å². The van der Waals surface area contributed by atoms with E-state index in [-0.39, 0.29) is 5.41 Å². The van der Waals surface area contributed by atoms with Gasteiger partial charge in [0, 0.05) is 49.7 Å². The van der Waals surface area contributed by atoms with E-state index in [1.165, 1.54) is 12.8 Å². The number of carbonyl (C=O) groups is 1. The number of nitrogens with zero attached hydrogens (tertiary/aromatic N) is 5. The number of ether oxygens (including phenoxy) is 1. The average molecular weight is 467 g/mol. The molecule has 0 saturated carbocycles. The Kier molecular flexibility index (Phi) is 8.20. The Bertz CT molecular complexity index is 916. The summed E-state index contributed by atoms with van der Waals surface area (Å²) < 4.78 is 37.8. The van der Waals surface area contributed by atoms with Crippen LogP contribution in [0, 0.1) is 12.3 Å². The van der Waals surface area contributed by atoms with E-state index < -0.39 is 12.1 Å². The molecule has 2 aromatic rings. The number of aromatic nitrogens is 3. The molecular weight excluding hydrogens is 439 g/mol. The van der Waals surface area contributed by atoms with Gasteiger partial charge in [-0.15, -0.1) is 0 Å². The first kappa shape index (κ1) is 24.8. The second kappa shape index (κ2) is 10.9. The van der Waals surface area contributed by atoms with Crippen LogP contribution in [0.1, 0.15) is 24.2 Å². The SMILES string of the molecule is Cc1cccc(CN2CCCC3(COCCN(c4ncccn4)C3)C2)n1.O=C(O)C(F)(F)F. The second-order valence-corrected chi connectivity index (χ2v) is 8.41. The summed E-state index contributed by atoms with van der Waals surface area (Å²) in [7, 11) is 0. The first-order valence-corrected chi connectivity index (χ1v) is 10.7. The standard InChI is InChI=1S/C20H27N5O.C2HF3O2/c1-17-5-2-6-18(23-17)13-24-10-3-7-20(14-24)15-25(11-12-26-16-20)19-21-8-4-9-22-19;3-2(4,5)1(6)7/h2,4-6,8-9H,3,7,10-16H2,1H3;(H,6,7). The van der Waals surface area contributed by atoms with Gasteiger partial charge >= 0.3 is 12.1 Å². The number of likely N-dealkylation sites (tertiary alicyclic amines) is 1. The van der Waals surface area contributed by atoms with Gasteiger partial charge in [0.2, 0.25) is 5.95 Å². The molecule has 2 saturated heterocycles. The molecule has 1 N–H and O–H groups in total. The van der Waals surface area contributed by atoms with Gasteiger partial charge in [-0.05, 0) is 44.5 Å². The molecule has 8 nitrogen and oxygen atoms in total. The van der Waals surface area contributed by atoms with Crippen LogP contribution in [0.25, 0.3) is 0 Å². The Morgan fingerprint density at radius 3 is 2.58 bits per heavy atom. The van der Waals surface area contributed by atoms with Crippen LogP contribution in [0.3, 0.4) is 0 Å². The number of aliphatic carboxylic acids is 1. The molecule has 4 rings (SSSR count). The lowest BCUT2D eigenvalue weighted by Gasteiger charge is -2.43. The third kappa shape index (κ3) is 7.36. The molecule has 2 fully saturated rings. The van der Waals surface area contributed by atoms with Gasteiger partial charge in [0.25, 0.3) is 0 Å². The number of halogens is 3. The highest BCUT2D eigenvalue weighted by Crippen LogP contribution is 2.34. The normalized spacial score (nSPS) is 21.8. The summed E-state index contributed by atoms with van der Waals surface area (Å²) in [6.07, 6.45) is 0.932. The number of aryl methyl sites for hydroxylation is 1. The summed E-state index contributed by atoms with van der Waals surface area (Å²) in [5, 5.41) is 7.12. The molecule has 2 aliphatic heterocycles. The predicted molar refractivity (Wildman–Crippen MR) is 115 cm³/mol. The van der Waals surface area contributed by atoms with Crippen molar-refractivity contribution in [2.45, 2.75) is 32.5 Å². The molecule has 2 aromatic heterocycles. The van der Waals surface area contributed by atoms with E-state index in [1.54, 1.807) is 0 Å². The fourth-order valence-electron chi connectivity index (χ4n) is 4.23. The Morgan fingerprint density at radius 1 is 1.18 bits per heavy atom. The Hall–Kier alpha value is -2.79. The van der Waals surface area contributed by atoms with Crippen LogP contribution in [0.2, 0.25) is 0 Å². The van der Waals surface area contributed by atoms with E-state index in [0.717, 1.165) is 63.3 Å². The zero-order valence-electron chi connectivity index (χ0n) is 18.5. The van der Waals surface area contributed by atoms with Crippen LogP contribution < -0.4 is 4.90 Å². The lowest BCUT2D eigenvalue weighted by Crippen LogP contribution is -2.50. The Morgan fingerprint density at radius 2 is 1.91 bits per heavy atom. The van der Waals surface area contributed by atoms with Gasteiger partial charge in [-0.2, -0.15) is 13.2 Å². The summed E-state index contributed by atoms with van der Waals surface area (Å²) in [4.78, 5) is 27.3. The summed E-state index contributed by atoms with van der Waals surface area (Å²) in [6.45, 7) is 8.47. The molecule has 4 heterocycles. The van der Waals surface area contributed by atoms with Crippen molar-refractivity contribution >= 4 is 11.9 Å². The van der Waals surface area contributed by atoms with Crippen LogP contribution >= 0.6 is 0 Å². The van der Waals surface area contributed by atoms with Gasteiger partial charge in [0.1, 0.15) is 0 Å². The number of pyridine rings is 1. The maximum absolute atomic E-state index is 10.6. The van der Waals surface area contributed by atoms with Crippen molar-refractivity contribution in [2.75, 3.05) is 44.3 Å². The highest BCUT2D eigenvalue weighted by atomic mass is 19.4. The van der Waals surface area contributed by atoms with Crippen molar-refractivity contribution in [3.05, 3.63) is 48.0 Å². The fraction of sp³-hybridized carbons (Fsp3) is 0.545. The molecule has 1 spiro atoms. The molecule has 33 heavy (non-hydrogen) atoms. The van der Waals surface area contributed by atoms with Crippen molar-refractivity contribution in [3.8, 4) is 0 Å². The van der Waals surface area contributed by atoms with Crippen LogP contribution in [0.15, 0.2) is 36.7 Å². The van der Waals surface area contributed by atoms with E-state index in [1.807, 2.05) is 18.5 Å². The first-order valence-electron chi connectivity index (χ1n) is 10.7. The molecule has 0 aromatic carbocycles. The molecule has 0 amide bonds. The van der Waals surface area contributed by atoms with Crippen LogP contribution in [0.4, 0.5) is 19.1 Å². The predicted octanol–water partition coefficient (Wildman–Crippen LogP) is 2.93. The lowest BCUT2D eigenvalue weighted by atomic mass is 9.80. The number of piperidine rings is 1. The average Bonchev–Trinajstić information content (AvgIpc) is 2.97. The third-order valence-corrected chi connectivity index (χ3v) is 5.59. The molecule has 0 aliphatic carbocycles. The number of hydrogen-bond acceptors (Lipinski definition) is 7. The monoisotopic (exact) mass is 467 g/mol. The number of hydrogen-bond donors (Lipinski definition) is 1. The van der Waals surface area contributed by atoms with E-state index in [0.29, 0.717) is 0 Å². The van der Waals surface area contributed by atoms with Crippen molar-refractivity contribution in [1.82, 2.24) is 19.9 Å². The molecule has 1 unspecified atom stereocenters. The number of carboxylic acid groups (broad SMARTS) is 1. The second-order valence-electron chi connectivity index (χ2n) is 8.41. The Labute approximate surface area is 190 Å². The van der Waals surface area contributed by atoms with Crippen molar-refractivity contribution in [3.63, 3.8) is 0 Å². The quantitative estimate of drug-likeness (QED) is 0.737. The fourth-order valence-corrected chi connectivity index (χ4v) is 4.23. The smallest absolute Gasteiger partial charge is 0.475 e. The Balaban J connectivity index is 0.000000383. The largest absolute Gasteiger partial charge is 0.490 e. The number of rotatable bonds is 3. The van der Waals surface area contributed by atoms with Crippen molar-refractivity contribution in [2.24, 2.45) is 5.41 Å². The maximum Gasteiger partial charge on any atom is 0.490 e. The van der Waals surface area contributed by atoms with Crippen LogP contribution in [0.5, 0.6) is 0 Å². The summed E-state index contributed by atoms with van der Waals surface area (Å²) in [5.74, 6) is -1.94. The summed E-state index contributed by atoms with van der Waals surface area (Å²) in [6, 6.07) is 8.14. The zero-order chi connectivity index (χ0) is 23.9. The van der Waals surface area contributed by atoms with Gasteiger partial charge < -0.3 is 14.7 Å². The maximum atomic E-state index is 10.6. The zero-order valence-corrected chi connectivity index (χ0v) is 18.5. The number of carboxylic acids is 1. The molecular formula is C22H28F3N5O3. The molecule has 0 bridgehead atoms. The minimum Gasteiger partial charge on any atom is -0.475 e. The van der Waals surface area contributed by atoms with E-state index in [2.05, 4.69) is 49.9 Å². The van der Waals surface area contributed by atoms with Gasteiger partial charge in [0.15, 0.2) is 0 Å². The minimum atomic E-state index is -5.08. The number of anilines is 1. The minimum absolute atomic E-state index is 0.137. The van der Waals surface area contributed by atoms with E-state index >= 15 is 0 Å². The summed E-state index contributed by atoms with van der Waals surface area (Å²) in [5.41, 5.74) is 2.37. The van der Waals surface area contributed by atoms with E-state index in [9.17, 15) is 13.2 Å².